The summed E-state index contributed by atoms with van der Waals surface area (Å²) in [5.41, 5.74) is 4.76. The molecule has 0 bridgehead atoms. The molecule has 0 spiro atoms. The smallest absolute Gasteiger partial charge is 0.229 e. The lowest BCUT2D eigenvalue weighted by Gasteiger charge is -2.21. The number of rotatable bonds is 3. The van der Waals surface area contributed by atoms with Crippen molar-refractivity contribution >= 4 is 23.2 Å². The van der Waals surface area contributed by atoms with E-state index < -0.39 is 5.92 Å². The van der Waals surface area contributed by atoms with Gasteiger partial charge in [0.2, 0.25) is 11.8 Å². The van der Waals surface area contributed by atoms with Crippen molar-refractivity contribution in [2.24, 2.45) is 5.92 Å². The van der Waals surface area contributed by atoms with Gasteiger partial charge in [-0.3, -0.25) is 9.59 Å². The zero-order valence-corrected chi connectivity index (χ0v) is 16.1. The maximum Gasteiger partial charge on any atom is 0.229 e. The topological polar surface area (TPSA) is 61.4 Å². The van der Waals surface area contributed by atoms with E-state index in [1.807, 2.05) is 38.1 Å². The number of carbonyl (C=O) groups is 2. The number of benzene rings is 2. The highest BCUT2D eigenvalue weighted by molar-refractivity contribution is 6.04. The Morgan fingerprint density at radius 3 is 2.89 bits per heavy atom. The Kier molecular flexibility index (Phi) is 4.89. The van der Waals surface area contributed by atoms with Gasteiger partial charge in [0.15, 0.2) is 0 Å². The highest BCUT2D eigenvalue weighted by Crippen LogP contribution is 2.31. The molecule has 1 saturated heterocycles. The fraction of sp³-hybridized carbons (Fsp3) is 0.364. The largest absolute Gasteiger partial charge is 0.323 e. The van der Waals surface area contributed by atoms with Gasteiger partial charge in [-0.15, -0.1) is 0 Å². The summed E-state index contributed by atoms with van der Waals surface area (Å²) in [6.07, 6.45) is 0.739. The van der Waals surface area contributed by atoms with Crippen LogP contribution in [0.5, 0.6) is 0 Å². The molecule has 5 nitrogen and oxygen atoms in total. The third-order valence-electron chi connectivity index (χ3n) is 5.83. The molecular weight excluding hydrogens is 357 g/mol. The SMILES string of the molecule is Cc1cccc(N2CC(C(=O)Nc3ccc4c(c3F)CCNC4)CC2=O)c1C. The molecule has 0 aliphatic carbocycles. The normalized spacial score (nSPS) is 18.9. The van der Waals surface area contributed by atoms with Gasteiger partial charge in [-0.25, -0.2) is 4.39 Å². The fourth-order valence-electron chi connectivity index (χ4n) is 4.01. The van der Waals surface area contributed by atoms with E-state index in [1.165, 1.54) is 0 Å². The lowest BCUT2D eigenvalue weighted by Crippen LogP contribution is -2.29. The van der Waals surface area contributed by atoms with Crippen molar-refractivity contribution in [3.05, 3.63) is 58.4 Å². The van der Waals surface area contributed by atoms with Gasteiger partial charge in [0.05, 0.1) is 11.6 Å². The predicted molar refractivity (Wildman–Crippen MR) is 107 cm³/mol. The highest BCUT2D eigenvalue weighted by Gasteiger charge is 2.36. The van der Waals surface area contributed by atoms with Crippen LogP contribution in [0.2, 0.25) is 0 Å². The lowest BCUT2D eigenvalue weighted by atomic mass is 9.99. The van der Waals surface area contributed by atoms with Crippen molar-refractivity contribution in [3.8, 4) is 0 Å². The maximum absolute atomic E-state index is 14.8. The molecule has 2 N–H and O–H groups in total. The summed E-state index contributed by atoms with van der Waals surface area (Å²) in [6.45, 7) is 5.65. The molecule has 6 heteroatoms. The third kappa shape index (κ3) is 3.29. The van der Waals surface area contributed by atoms with E-state index in [9.17, 15) is 14.0 Å². The van der Waals surface area contributed by atoms with Crippen LogP contribution < -0.4 is 15.5 Å². The number of fused-ring (bicyclic) bond motifs is 1. The molecule has 2 aromatic rings. The molecule has 2 amide bonds. The van der Waals surface area contributed by atoms with Crippen LogP contribution in [0.3, 0.4) is 0 Å². The lowest BCUT2D eigenvalue weighted by molar-refractivity contribution is -0.122. The van der Waals surface area contributed by atoms with Gasteiger partial charge in [-0.2, -0.15) is 0 Å². The Labute approximate surface area is 163 Å². The molecular formula is C22H24FN3O2. The first-order valence-electron chi connectivity index (χ1n) is 9.64. The van der Waals surface area contributed by atoms with Crippen LogP contribution >= 0.6 is 0 Å². The van der Waals surface area contributed by atoms with Gasteiger partial charge in [-0.05, 0) is 61.2 Å². The molecule has 2 aliphatic rings. The van der Waals surface area contributed by atoms with Crippen molar-refractivity contribution in [2.45, 2.75) is 33.2 Å². The number of halogens is 1. The zero-order valence-electron chi connectivity index (χ0n) is 16.1. The molecule has 2 heterocycles. The number of hydrogen-bond donors (Lipinski definition) is 2. The van der Waals surface area contributed by atoms with Gasteiger partial charge >= 0.3 is 0 Å². The van der Waals surface area contributed by atoms with Crippen LogP contribution in [0.15, 0.2) is 30.3 Å². The second-order valence-corrected chi connectivity index (χ2v) is 7.61. The van der Waals surface area contributed by atoms with Crippen molar-refractivity contribution in [1.82, 2.24) is 5.32 Å². The Bertz CT molecular complexity index is 957. The second-order valence-electron chi connectivity index (χ2n) is 7.61. The molecule has 0 saturated carbocycles. The van der Waals surface area contributed by atoms with Gasteiger partial charge in [-0.1, -0.05) is 18.2 Å². The number of carbonyl (C=O) groups excluding carboxylic acids is 2. The Balaban J connectivity index is 1.51. The molecule has 28 heavy (non-hydrogen) atoms. The van der Waals surface area contributed by atoms with E-state index in [0.717, 1.165) is 28.9 Å². The molecule has 2 aromatic carbocycles. The molecule has 0 aromatic heterocycles. The van der Waals surface area contributed by atoms with Crippen LogP contribution in [0, 0.1) is 25.6 Å². The molecule has 1 atom stereocenters. The van der Waals surface area contributed by atoms with Gasteiger partial charge in [0.25, 0.3) is 0 Å². The van der Waals surface area contributed by atoms with E-state index in [-0.39, 0.29) is 29.7 Å². The average Bonchev–Trinajstić information content (AvgIpc) is 3.08. The zero-order chi connectivity index (χ0) is 19.8. The minimum absolute atomic E-state index is 0.0779. The minimum Gasteiger partial charge on any atom is -0.323 e. The summed E-state index contributed by atoms with van der Waals surface area (Å²) >= 11 is 0. The summed E-state index contributed by atoms with van der Waals surface area (Å²) < 4.78 is 14.8. The van der Waals surface area contributed by atoms with Crippen molar-refractivity contribution in [2.75, 3.05) is 23.3 Å². The molecule has 146 valence electrons. The molecule has 4 rings (SSSR count). The number of hydrogen-bond acceptors (Lipinski definition) is 3. The van der Waals surface area contributed by atoms with Crippen molar-refractivity contribution in [1.29, 1.82) is 0 Å². The van der Waals surface area contributed by atoms with Gasteiger partial charge < -0.3 is 15.5 Å². The Morgan fingerprint density at radius 2 is 2.07 bits per heavy atom. The first kappa shape index (κ1) is 18.6. The number of nitrogens with zero attached hydrogens (tertiary/aromatic N) is 1. The number of aryl methyl sites for hydroxylation is 1. The monoisotopic (exact) mass is 381 g/mol. The quantitative estimate of drug-likeness (QED) is 0.859. The minimum atomic E-state index is -0.496. The van der Waals surface area contributed by atoms with E-state index >= 15 is 0 Å². The van der Waals surface area contributed by atoms with E-state index in [4.69, 9.17) is 0 Å². The van der Waals surface area contributed by atoms with E-state index in [2.05, 4.69) is 10.6 Å². The van der Waals surface area contributed by atoms with Gasteiger partial charge in [0.1, 0.15) is 5.82 Å². The maximum atomic E-state index is 14.8. The highest BCUT2D eigenvalue weighted by atomic mass is 19.1. The molecule has 2 aliphatic heterocycles. The summed E-state index contributed by atoms with van der Waals surface area (Å²) in [4.78, 5) is 26.9. The Hall–Kier alpha value is -2.73. The van der Waals surface area contributed by atoms with Crippen LogP contribution in [0.25, 0.3) is 0 Å². The summed E-state index contributed by atoms with van der Waals surface area (Å²) in [7, 11) is 0. The standard InChI is InChI=1S/C22H24FN3O2/c1-13-4-3-5-19(14(13)2)26-12-16(10-20(26)27)22(28)25-18-7-6-15-11-24-9-8-17(15)21(18)23/h3-7,16,24H,8-12H2,1-2H3,(H,25,28). The number of anilines is 2. The first-order valence-corrected chi connectivity index (χ1v) is 9.64. The second kappa shape index (κ2) is 7.36. The fourth-order valence-corrected chi connectivity index (χ4v) is 4.01. The first-order chi connectivity index (χ1) is 13.5. The third-order valence-corrected chi connectivity index (χ3v) is 5.83. The average molecular weight is 381 g/mol. The predicted octanol–water partition coefficient (Wildman–Crippen LogP) is 3.08. The summed E-state index contributed by atoms with van der Waals surface area (Å²) in [5.74, 6) is -1.24. The Morgan fingerprint density at radius 1 is 1.25 bits per heavy atom. The van der Waals surface area contributed by atoms with Crippen LogP contribution in [0.1, 0.15) is 28.7 Å². The van der Waals surface area contributed by atoms with Crippen molar-refractivity contribution < 1.29 is 14.0 Å². The van der Waals surface area contributed by atoms with Crippen LogP contribution in [0.4, 0.5) is 15.8 Å². The number of amides is 2. The molecule has 1 unspecified atom stereocenters. The van der Waals surface area contributed by atoms with Crippen LogP contribution in [-0.2, 0) is 22.6 Å². The molecule has 1 fully saturated rings. The summed E-state index contributed by atoms with van der Waals surface area (Å²) in [5, 5.41) is 5.92. The number of nitrogens with one attached hydrogen (secondary N) is 2. The van der Waals surface area contributed by atoms with E-state index in [1.54, 1.807) is 11.0 Å². The van der Waals surface area contributed by atoms with E-state index in [0.29, 0.717) is 25.1 Å². The van der Waals surface area contributed by atoms with Gasteiger partial charge in [0, 0.05) is 25.2 Å². The van der Waals surface area contributed by atoms with Crippen molar-refractivity contribution in [3.63, 3.8) is 0 Å². The molecule has 0 radical (unpaired) electrons. The summed E-state index contributed by atoms with van der Waals surface area (Å²) in [6, 6.07) is 9.27. The van der Waals surface area contributed by atoms with Crippen LogP contribution in [-0.4, -0.2) is 24.9 Å².